The molecule has 5 heteroatoms. The number of carbonyl (C=O) groups excluding carboxylic acids is 1. The predicted octanol–water partition coefficient (Wildman–Crippen LogP) is 1.42. The summed E-state index contributed by atoms with van der Waals surface area (Å²) in [6.07, 6.45) is 4.84. The van der Waals surface area contributed by atoms with Crippen LogP contribution in [-0.2, 0) is 4.79 Å². The van der Waals surface area contributed by atoms with Gasteiger partial charge in [0.1, 0.15) is 5.82 Å². The van der Waals surface area contributed by atoms with E-state index in [1.54, 1.807) is 12.3 Å². The maximum Gasteiger partial charge on any atom is 0.225 e. The van der Waals surface area contributed by atoms with Gasteiger partial charge in [-0.2, -0.15) is 5.10 Å². The van der Waals surface area contributed by atoms with E-state index < -0.39 is 0 Å². The lowest BCUT2D eigenvalue weighted by atomic mass is 9.81. The first-order valence-corrected chi connectivity index (χ1v) is 5.86. The van der Waals surface area contributed by atoms with Crippen LogP contribution in [0, 0.1) is 5.92 Å². The van der Waals surface area contributed by atoms with Crippen LogP contribution in [0.15, 0.2) is 24.4 Å². The van der Waals surface area contributed by atoms with Gasteiger partial charge in [-0.3, -0.25) is 9.89 Å². The number of hydrogen-bond acceptors (Lipinski definition) is 3. The van der Waals surface area contributed by atoms with Gasteiger partial charge in [-0.05, 0) is 25.2 Å². The Morgan fingerprint density at radius 3 is 3.18 bits per heavy atom. The van der Waals surface area contributed by atoms with Crippen molar-refractivity contribution in [1.82, 2.24) is 10.2 Å². The molecule has 0 radical (unpaired) electrons. The van der Waals surface area contributed by atoms with Crippen LogP contribution in [0.1, 0.15) is 25.7 Å². The second kappa shape index (κ2) is 5.14. The van der Waals surface area contributed by atoms with Crippen LogP contribution < -0.4 is 11.1 Å². The Balaban J connectivity index is 1.84. The van der Waals surface area contributed by atoms with Crippen molar-refractivity contribution < 1.29 is 4.79 Å². The van der Waals surface area contributed by atoms with E-state index in [0.717, 1.165) is 19.3 Å². The largest absolute Gasteiger partial charge is 0.327 e. The zero-order valence-electron chi connectivity index (χ0n) is 9.78. The smallest absolute Gasteiger partial charge is 0.225 e. The minimum atomic E-state index is -0.0118. The minimum absolute atomic E-state index is 0.0118. The van der Waals surface area contributed by atoms with E-state index in [9.17, 15) is 4.79 Å². The number of nitrogens with zero attached hydrogens (tertiary/aromatic N) is 1. The highest BCUT2D eigenvalue weighted by molar-refractivity contribution is 5.89. The molecule has 0 aromatic carbocycles. The third kappa shape index (κ3) is 3.17. The molecule has 1 fully saturated rings. The quantitative estimate of drug-likeness (QED) is 0.691. The van der Waals surface area contributed by atoms with Gasteiger partial charge in [0.15, 0.2) is 0 Å². The molecule has 4 N–H and O–H groups in total. The Kier molecular flexibility index (Phi) is 3.58. The summed E-state index contributed by atoms with van der Waals surface area (Å²) in [5.74, 6) is 0.870. The normalized spacial score (nSPS) is 24.6. The molecule has 92 valence electrons. The van der Waals surface area contributed by atoms with Crippen LogP contribution in [-0.4, -0.2) is 22.1 Å². The number of carbonyl (C=O) groups is 1. The highest BCUT2D eigenvalue weighted by Gasteiger charge is 2.25. The number of nitrogens with two attached hydrogens (primary N) is 1. The molecule has 17 heavy (non-hydrogen) atoms. The first kappa shape index (κ1) is 11.9. The monoisotopic (exact) mass is 234 g/mol. The molecular formula is C12H18N4O. The number of aromatic nitrogens is 2. The molecule has 1 heterocycles. The van der Waals surface area contributed by atoms with Gasteiger partial charge in [0.05, 0.1) is 6.20 Å². The van der Waals surface area contributed by atoms with Crippen molar-refractivity contribution in [2.24, 2.45) is 11.7 Å². The number of H-pyrrole nitrogens is 1. The second-order valence-electron chi connectivity index (χ2n) is 4.64. The second-order valence-corrected chi connectivity index (χ2v) is 4.64. The minimum Gasteiger partial charge on any atom is -0.327 e. The fraction of sp³-hybridized carbons (Fsp3) is 0.500. The summed E-state index contributed by atoms with van der Waals surface area (Å²) < 4.78 is 0. The van der Waals surface area contributed by atoms with E-state index in [2.05, 4.69) is 22.1 Å². The summed E-state index contributed by atoms with van der Waals surface area (Å²) in [5.41, 5.74) is 7.23. The number of nitrogens with one attached hydrogen (secondary N) is 2. The summed E-state index contributed by atoms with van der Waals surface area (Å²) in [6.45, 7) is 3.95. The highest BCUT2D eigenvalue weighted by atomic mass is 16.1. The first-order chi connectivity index (χ1) is 8.15. The number of aromatic amines is 1. The molecule has 1 aliphatic rings. The molecule has 0 spiro atoms. The maximum atomic E-state index is 11.8. The summed E-state index contributed by atoms with van der Waals surface area (Å²) in [4.78, 5) is 11.8. The van der Waals surface area contributed by atoms with Gasteiger partial charge in [-0.15, -0.1) is 0 Å². The average Bonchev–Trinajstić information content (AvgIpc) is 2.75. The van der Waals surface area contributed by atoms with E-state index in [4.69, 9.17) is 5.73 Å². The lowest BCUT2D eigenvalue weighted by Crippen LogP contribution is -2.36. The van der Waals surface area contributed by atoms with Crippen LogP contribution in [0.4, 0.5) is 5.82 Å². The van der Waals surface area contributed by atoms with E-state index >= 15 is 0 Å². The third-order valence-electron chi connectivity index (χ3n) is 3.22. The molecule has 1 amide bonds. The molecule has 0 bridgehead atoms. The van der Waals surface area contributed by atoms with Gasteiger partial charge < -0.3 is 11.1 Å². The van der Waals surface area contributed by atoms with E-state index in [-0.39, 0.29) is 17.9 Å². The SMILES string of the molecule is C=C1CCC(CC(=O)Nc2ccn[nH]2)C(N)C1. The van der Waals surface area contributed by atoms with Crippen molar-refractivity contribution in [3.05, 3.63) is 24.4 Å². The van der Waals surface area contributed by atoms with Crippen molar-refractivity contribution in [3.63, 3.8) is 0 Å². The molecule has 0 saturated heterocycles. The molecule has 1 aromatic heterocycles. The fourth-order valence-electron chi connectivity index (χ4n) is 2.22. The predicted molar refractivity (Wildman–Crippen MR) is 66.3 cm³/mol. The van der Waals surface area contributed by atoms with Crippen molar-refractivity contribution in [2.75, 3.05) is 5.32 Å². The van der Waals surface area contributed by atoms with E-state index in [1.165, 1.54) is 5.57 Å². The molecule has 1 aromatic rings. The molecule has 2 atom stereocenters. The van der Waals surface area contributed by atoms with Crippen LogP contribution in [0.25, 0.3) is 0 Å². The van der Waals surface area contributed by atoms with Gasteiger partial charge >= 0.3 is 0 Å². The standard InChI is InChI=1S/C12H18N4O/c1-8-2-3-9(10(13)6-8)7-12(17)15-11-4-5-14-16-11/h4-5,9-10H,1-3,6-7,13H2,(H2,14,15,16,17). The Hall–Kier alpha value is -1.62. The van der Waals surface area contributed by atoms with Crippen molar-refractivity contribution in [1.29, 1.82) is 0 Å². The lowest BCUT2D eigenvalue weighted by molar-refractivity contribution is -0.117. The summed E-state index contributed by atoms with van der Waals surface area (Å²) in [6, 6.07) is 1.78. The van der Waals surface area contributed by atoms with Crippen LogP contribution in [0.2, 0.25) is 0 Å². The topological polar surface area (TPSA) is 83.8 Å². The first-order valence-electron chi connectivity index (χ1n) is 5.86. The van der Waals surface area contributed by atoms with Gasteiger partial charge in [0.25, 0.3) is 0 Å². The Labute approximate surface area is 100 Å². The summed E-state index contributed by atoms with van der Waals surface area (Å²) in [5, 5.41) is 9.23. The van der Waals surface area contributed by atoms with Gasteiger partial charge in [-0.1, -0.05) is 12.2 Å². The molecule has 1 aliphatic carbocycles. The van der Waals surface area contributed by atoms with E-state index in [0.29, 0.717) is 12.2 Å². The van der Waals surface area contributed by atoms with Crippen LogP contribution in [0.5, 0.6) is 0 Å². The molecule has 0 aliphatic heterocycles. The summed E-state index contributed by atoms with van der Waals surface area (Å²) >= 11 is 0. The zero-order valence-corrected chi connectivity index (χ0v) is 9.78. The van der Waals surface area contributed by atoms with E-state index in [1.807, 2.05) is 0 Å². The molecule has 5 nitrogen and oxygen atoms in total. The molecule has 2 rings (SSSR count). The maximum absolute atomic E-state index is 11.8. The number of rotatable bonds is 3. The third-order valence-corrected chi connectivity index (χ3v) is 3.22. The van der Waals surface area contributed by atoms with Crippen molar-refractivity contribution in [3.8, 4) is 0 Å². The Morgan fingerprint density at radius 2 is 2.53 bits per heavy atom. The van der Waals surface area contributed by atoms with Gasteiger partial charge in [0, 0.05) is 18.5 Å². The number of anilines is 1. The van der Waals surface area contributed by atoms with Crippen molar-refractivity contribution in [2.45, 2.75) is 31.7 Å². The van der Waals surface area contributed by atoms with Crippen LogP contribution >= 0.6 is 0 Å². The Bertz CT molecular complexity index is 399. The molecular weight excluding hydrogens is 216 g/mol. The number of hydrogen-bond donors (Lipinski definition) is 3. The van der Waals surface area contributed by atoms with Crippen molar-refractivity contribution >= 4 is 11.7 Å². The highest BCUT2D eigenvalue weighted by Crippen LogP contribution is 2.28. The fourth-order valence-corrected chi connectivity index (χ4v) is 2.22. The summed E-state index contributed by atoms with van der Waals surface area (Å²) in [7, 11) is 0. The van der Waals surface area contributed by atoms with Gasteiger partial charge in [0.2, 0.25) is 5.91 Å². The molecule has 2 unspecified atom stereocenters. The lowest BCUT2D eigenvalue weighted by Gasteiger charge is -2.29. The van der Waals surface area contributed by atoms with Crippen LogP contribution in [0.3, 0.4) is 0 Å². The number of amides is 1. The zero-order chi connectivity index (χ0) is 12.3. The Morgan fingerprint density at radius 1 is 1.71 bits per heavy atom. The molecule has 1 saturated carbocycles. The van der Waals surface area contributed by atoms with Gasteiger partial charge in [-0.25, -0.2) is 0 Å². The average molecular weight is 234 g/mol.